The van der Waals surface area contributed by atoms with E-state index in [9.17, 15) is 14.4 Å². The Labute approximate surface area is 341 Å². The SMILES string of the molecule is Cc1cc2cc(n1)-c1cnn(C)c1OCCC[C@@H](C)CN1/C(=N/C2=O)Nc2ccc(N3CCC(N4CC(Nc5cc(F)c([C@H]6CCC(=O)NC6=O)c(F)c5)C4)CC3)cc21. The first-order chi connectivity index (χ1) is 28.5. The van der Waals surface area contributed by atoms with Gasteiger partial charge in [0, 0.05) is 80.4 Å². The van der Waals surface area contributed by atoms with Crippen molar-refractivity contribution in [3.8, 4) is 17.1 Å². The largest absolute Gasteiger partial charge is 0.477 e. The molecule has 9 rings (SSSR count). The Morgan fingerprint density at radius 1 is 0.932 bits per heavy atom. The lowest BCUT2D eigenvalue weighted by Crippen LogP contribution is -2.60. The van der Waals surface area contributed by atoms with Crippen LogP contribution in [-0.2, 0) is 16.6 Å². The van der Waals surface area contributed by atoms with Crippen molar-refractivity contribution in [2.75, 3.05) is 59.8 Å². The average Bonchev–Trinajstić information content (AvgIpc) is 3.72. The molecule has 0 saturated carbocycles. The third kappa shape index (κ3) is 7.73. The number of rotatable bonds is 5. The first kappa shape index (κ1) is 38.6. The van der Waals surface area contributed by atoms with Crippen molar-refractivity contribution >= 4 is 46.4 Å². The van der Waals surface area contributed by atoms with Gasteiger partial charge in [0.2, 0.25) is 23.7 Å². The predicted molar refractivity (Wildman–Crippen MR) is 220 cm³/mol. The van der Waals surface area contributed by atoms with Crippen molar-refractivity contribution in [2.24, 2.45) is 18.0 Å². The van der Waals surface area contributed by atoms with E-state index in [1.165, 1.54) is 12.1 Å². The molecular formula is C43H48F2N10O4. The summed E-state index contributed by atoms with van der Waals surface area (Å²) in [5, 5.41) is 13.3. The Morgan fingerprint density at radius 3 is 2.47 bits per heavy atom. The monoisotopic (exact) mass is 806 g/mol. The van der Waals surface area contributed by atoms with Crippen LogP contribution in [0.2, 0.25) is 0 Å². The number of piperidine rings is 2. The maximum absolute atomic E-state index is 15.1. The first-order valence-electron chi connectivity index (χ1n) is 20.5. The number of halogens is 2. The number of anilines is 4. The number of aliphatic imine (C=N–C) groups is 1. The molecule has 2 aromatic heterocycles. The molecule has 5 aliphatic rings. The Bertz CT molecular complexity index is 2330. The number of nitrogens with zero attached hydrogens (tertiary/aromatic N) is 7. The van der Waals surface area contributed by atoms with Gasteiger partial charge in [-0.2, -0.15) is 10.1 Å². The maximum atomic E-state index is 15.1. The molecule has 16 heteroatoms. The molecule has 4 aromatic rings. The van der Waals surface area contributed by atoms with Crippen molar-refractivity contribution in [1.29, 1.82) is 0 Å². The molecular weight excluding hydrogens is 759 g/mol. The van der Waals surface area contributed by atoms with E-state index in [4.69, 9.17) is 9.72 Å². The number of aromatic nitrogens is 3. The predicted octanol–water partition coefficient (Wildman–Crippen LogP) is 5.59. The number of hydrogen-bond acceptors (Lipinski definition) is 11. The van der Waals surface area contributed by atoms with Crippen LogP contribution in [0.1, 0.15) is 73.0 Å². The number of aryl methyl sites for hydroxylation is 2. The number of nitrogens with one attached hydrogen (secondary N) is 3. The zero-order valence-corrected chi connectivity index (χ0v) is 33.4. The summed E-state index contributed by atoms with van der Waals surface area (Å²) in [5.74, 6) is -2.64. The molecule has 2 aromatic carbocycles. The molecule has 14 nitrogen and oxygen atoms in total. The summed E-state index contributed by atoms with van der Waals surface area (Å²) in [5.41, 5.74) is 5.54. The van der Waals surface area contributed by atoms with Gasteiger partial charge >= 0.3 is 0 Å². The molecule has 59 heavy (non-hydrogen) atoms. The highest BCUT2D eigenvalue weighted by molar-refractivity contribution is 6.19. The van der Waals surface area contributed by atoms with Crippen LogP contribution in [0.3, 0.4) is 0 Å². The topological polar surface area (TPSA) is 149 Å². The molecule has 3 saturated heterocycles. The van der Waals surface area contributed by atoms with Gasteiger partial charge in [0.05, 0.1) is 47.4 Å². The summed E-state index contributed by atoms with van der Waals surface area (Å²) < 4.78 is 38.1. The molecule has 5 aliphatic heterocycles. The van der Waals surface area contributed by atoms with Crippen molar-refractivity contribution in [3.05, 3.63) is 77.1 Å². The molecule has 0 unspecified atom stereocenters. The van der Waals surface area contributed by atoms with Crippen LogP contribution in [-0.4, -0.2) is 94.8 Å². The summed E-state index contributed by atoms with van der Waals surface area (Å²) in [7, 11) is 1.84. The van der Waals surface area contributed by atoms with Crippen LogP contribution in [0.4, 0.5) is 31.5 Å². The van der Waals surface area contributed by atoms with E-state index in [2.05, 4.69) is 65.9 Å². The molecule has 0 aliphatic carbocycles. The van der Waals surface area contributed by atoms with Gasteiger partial charge in [0.1, 0.15) is 11.6 Å². The maximum Gasteiger partial charge on any atom is 0.280 e. The summed E-state index contributed by atoms with van der Waals surface area (Å²) >= 11 is 0. The number of benzene rings is 2. The van der Waals surface area contributed by atoms with Crippen LogP contribution >= 0.6 is 0 Å². The van der Waals surface area contributed by atoms with E-state index in [0.717, 1.165) is 74.5 Å². The molecule has 308 valence electrons. The number of imide groups is 1. The molecule has 2 atom stereocenters. The van der Waals surface area contributed by atoms with Gasteiger partial charge in [-0.3, -0.25) is 29.6 Å². The fourth-order valence-electron chi connectivity index (χ4n) is 9.08. The number of pyridine rings is 1. The summed E-state index contributed by atoms with van der Waals surface area (Å²) in [6, 6.07) is 12.8. The quantitative estimate of drug-likeness (QED) is 0.217. The van der Waals surface area contributed by atoms with Crippen LogP contribution in [0.25, 0.3) is 11.3 Å². The van der Waals surface area contributed by atoms with E-state index >= 15 is 8.78 Å². The third-order valence-electron chi connectivity index (χ3n) is 12.2. The lowest BCUT2D eigenvalue weighted by molar-refractivity contribution is -0.134. The second-order valence-corrected chi connectivity index (χ2v) is 16.5. The number of carbonyl (C=O) groups is 3. The van der Waals surface area contributed by atoms with Crippen LogP contribution in [0.5, 0.6) is 5.88 Å². The smallest absolute Gasteiger partial charge is 0.280 e. The zero-order valence-electron chi connectivity index (χ0n) is 33.4. The average molecular weight is 807 g/mol. The summed E-state index contributed by atoms with van der Waals surface area (Å²) in [4.78, 5) is 53.9. The van der Waals surface area contributed by atoms with Gasteiger partial charge in [0.25, 0.3) is 5.91 Å². The van der Waals surface area contributed by atoms with Crippen molar-refractivity contribution in [2.45, 2.75) is 70.4 Å². The second kappa shape index (κ2) is 15.7. The highest BCUT2D eigenvalue weighted by Crippen LogP contribution is 2.39. The lowest BCUT2D eigenvalue weighted by atomic mass is 9.89. The van der Waals surface area contributed by atoms with E-state index < -0.39 is 29.4 Å². The van der Waals surface area contributed by atoms with Crippen molar-refractivity contribution < 1.29 is 27.9 Å². The molecule has 3 amide bonds. The standard InChI is InChI=1S/C43H48F2N10O4/c1-24-5-4-14-59-42-32(20-46-52(42)3)36-16-26(15-25(2)47-36)40(57)51-43-49-35-8-6-30(19-37(35)55(43)21-24)53-12-10-29(11-13-53)54-22-28(23-54)48-27-17-33(44)39(34(45)18-27)31-7-9-38(56)50-41(31)58/h6,8,15-20,24,28-29,31,48H,4-5,7,9-14,21-23H2,1-3H3,(H,49,51,57)(H,50,56,58)/t24-,31-/m1/s1. The Morgan fingerprint density at radius 2 is 1.71 bits per heavy atom. The van der Waals surface area contributed by atoms with Gasteiger partial charge in [-0.05, 0) is 87.4 Å². The summed E-state index contributed by atoms with van der Waals surface area (Å²) in [6.07, 6.45) is 5.56. The minimum Gasteiger partial charge on any atom is -0.477 e. The first-order valence-corrected chi connectivity index (χ1v) is 20.5. The molecule has 2 bridgehead atoms. The number of guanidine groups is 1. The number of fused-ring (bicyclic) bond motifs is 7. The van der Waals surface area contributed by atoms with Gasteiger partial charge in [-0.15, -0.1) is 0 Å². The lowest BCUT2D eigenvalue weighted by Gasteiger charge is -2.48. The minimum atomic E-state index is -1.02. The highest BCUT2D eigenvalue weighted by atomic mass is 19.1. The number of amides is 3. The third-order valence-corrected chi connectivity index (χ3v) is 12.2. The normalized spacial score (nSPS) is 22.7. The van der Waals surface area contributed by atoms with Crippen LogP contribution in [0, 0.1) is 24.5 Å². The van der Waals surface area contributed by atoms with Gasteiger partial charge < -0.3 is 25.2 Å². The van der Waals surface area contributed by atoms with E-state index in [0.29, 0.717) is 53.7 Å². The summed E-state index contributed by atoms with van der Waals surface area (Å²) in [6.45, 7) is 8.55. The number of ether oxygens (including phenoxy) is 1. The molecule has 3 N–H and O–H groups in total. The van der Waals surface area contributed by atoms with Gasteiger partial charge in [-0.25, -0.2) is 13.5 Å². The molecule has 7 heterocycles. The van der Waals surface area contributed by atoms with Gasteiger partial charge in [0.15, 0.2) is 0 Å². The van der Waals surface area contributed by atoms with E-state index in [1.807, 2.05) is 14.0 Å². The highest BCUT2D eigenvalue weighted by Gasteiger charge is 2.37. The zero-order chi connectivity index (χ0) is 40.9. The Balaban J connectivity index is 0.847. The molecule has 0 spiro atoms. The van der Waals surface area contributed by atoms with Crippen LogP contribution in [0.15, 0.2) is 53.7 Å². The van der Waals surface area contributed by atoms with Crippen LogP contribution < -0.4 is 30.5 Å². The number of likely N-dealkylation sites (tertiary alicyclic amines) is 1. The van der Waals surface area contributed by atoms with Crippen molar-refractivity contribution in [3.63, 3.8) is 0 Å². The fraction of sp³-hybridized carbons (Fsp3) is 0.442. The Kier molecular flexibility index (Phi) is 10.3. The van der Waals surface area contributed by atoms with Gasteiger partial charge in [-0.1, -0.05) is 6.92 Å². The fourth-order valence-corrected chi connectivity index (χ4v) is 9.08. The minimum absolute atomic E-state index is 0.0478. The number of hydrogen-bond donors (Lipinski definition) is 3. The van der Waals surface area contributed by atoms with E-state index in [1.54, 1.807) is 23.0 Å². The number of carbonyl (C=O) groups excluding carboxylic acids is 3. The van der Waals surface area contributed by atoms with Crippen molar-refractivity contribution in [1.82, 2.24) is 25.0 Å². The Hall–Kier alpha value is -5.90. The molecule has 3 fully saturated rings. The second-order valence-electron chi connectivity index (χ2n) is 16.5. The van der Waals surface area contributed by atoms with E-state index in [-0.39, 0.29) is 36.3 Å². The molecule has 0 radical (unpaired) electrons.